The molecule has 2 heterocycles. The number of aromatic nitrogens is 3. The number of hydrogen-bond donors (Lipinski definition) is 2. The number of thioether (sulfide) groups is 1. The first kappa shape index (κ1) is 34.1. The molecule has 0 radical (unpaired) electrons. The van der Waals surface area contributed by atoms with Gasteiger partial charge in [0, 0.05) is 11.3 Å². The number of halogens is 1. The first-order valence-corrected chi connectivity index (χ1v) is 15.8. The molecule has 242 valence electrons. The van der Waals surface area contributed by atoms with Gasteiger partial charge in [-0.3, -0.25) is 14.2 Å². The molecule has 0 aliphatic carbocycles. The first-order valence-electron chi connectivity index (χ1n) is 14.1. The van der Waals surface area contributed by atoms with Crippen molar-refractivity contribution in [2.45, 2.75) is 44.6 Å². The third-order valence-electron chi connectivity index (χ3n) is 6.50. The van der Waals surface area contributed by atoms with Gasteiger partial charge >= 0.3 is 11.9 Å². The molecule has 2 aromatic heterocycles. The van der Waals surface area contributed by atoms with Crippen LogP contribution < -0.4 is 15.4 Å². The molecule has 0 saturated heterocycles. The van der Waals surface area contributed by atoms with Crippen molar-refractivity contribution in [1.29, 1.82) is 0 Å². The minimum atomic E-state index is -0.786. The average Bonchev–Trinajstić information content (AvgIpc) is 3.60. The van der Waals surface area contributed by atoms with Crippen LogP contribution in [0.1, 0.15) is 62.5 Å². The Labute approximate surface area is 272 Å². The van der Waals surface area contributed by atoms with Crippen molar-refractivity contribution in [3.63, 3.8) is 0 Å². The molecule has 0 spiro atoms. The minimum absolute atomic E-state index is 0.0322. The Hall–Kier alpha value is -4.76. The summed E-state index contributed by atoms with van der Waals surface area (Å²) in [6.45, 7) is 6.74. The highest BCUT2D eigenvalue weighted by molar-refractivity contribution is 8.00. The zero-order chi connectivity index (χ0) is 33.4. The fourth-order valence-electron chi connectivity index (χ4n) is 4.23. The summed E-state index contributed by atoms with van der Waals surface area (Å²) in [5.41, 5.74) is 1.30. The van der Waals surface area contributed by atoms with E-state index in [1.54, 1.807) is 56.5 Å². The monoisotopic (exact) mass is 669 g/mol. The second-order valence-electron chi connectivity index (χ2n) is 9.58. The van der Waals surface area contributed by atoms with Gasteiger partial charge in [0.1, 0.15) is 21.4 Å². The summed E-state index contributed by atoms with van der Waals surface area (Å²) in [6.07, 6.45) is 0. The standard InChI is InChI=1S/C31H32FN5O7S2/c1-6-43-29(40)24-17(3)25(30(41)44-7-2)46-28(24)34-26(38)18(4)45-31-36-35-23(37(31)21-13-11-20(32)12-14-21)16-33-27(39)19-9-8-10-22(15-19)42-5/h8-15,18H,6-7,16H2,1-5H3,(H,33,39)(H,34,38)/t18-/m1/s1. The Balaban J connectivity index is 1.58. The second-order valence-corrected chi connectivity index (χ2v) is 11.9. The smallest absolute Gasteiger partial charge is 0.348 e. The summed E-state index contributed by atoms with van der Waals surface area (Å²) in [7, 11) is 1.50. The molecule has 12 nitrogen and oxygen atoms in total. The molecule has 4 rings (SSSR count). The van der Waals surface area contributed by atoms with E-state index in [4.69, 9.17) is 14.2 Å². The van der Waals surface area contributed by atoms with Crippen LogP contribution in [-0.4, -0.2) is 64.1 Å². The van der Waals surface area contributed by atoms with Crippen molar-refractivity contribution >= 4 is 51.9 Å². The number of amides is 2. The molecule has 1 atom stereocenters. The van der Waals surface area contributed by atoms with E-state index in [1.807, 2.05) is 0 Å². The summed E-state index contributed by atoms with van der Waals surface area (Å²) < 4.78 is 30.9. The SMILES string of the molecule is CCOC(=O)c1sc(NC(=O)[C@@H](C)Sc2nnc(CNC(=O)c3cccc(OC)c3)n2-c2ccc(F)cc2)c(C(=O)OCC)c1C. The Bertz CT molecular complexity index is 1740. The van der Waals surface area contributed by atoms with E-state index in [0.29, 0.717) is 33.5 Å². The average molecular weight is 670 g/mol. The lowest BCUT2D eigenvalue weighted by molar-refractivity contribution is -0.115. The van der Waals surface area contributed by atoms with E-state index in [9.17, 15) is 23.6 Å². The summed E-state index contributed by atoms with van der Waals surface area (Å²) >= 11 is 1.98. The van der Waals surface area contributed by atoms with E-state index in [1.165, 1.54) is 31.4 Å². The van der Waals surface area contributed by atoms with Gasteiger partial charge in [-0.2, -0.15) is 0 Å². The zero-order valence-electron chi connectivity index (χ0n) is 25.7. The van der Waals surface area contributed by atoms with E-state index < -0.39 is 28.9 Å². The van der Waals surface area contributed by atoms with Gasteiger partial charge in [0.05, 0.1) is 37.7 Å². The van der Waals surface area contributed by atoms with Crippen LogP contribution in [-0.2, 0) is 20.8 Å². The molecule has 15 heteroatoms. The molecule has 0 aliphatic rings. The van der Waals surface area contributed by atoms with Crippen molar-refractivity contribution in [3.8, 4) is 11.4 Å². The van der Waals surface area contributed by atoms with E-state index in [-0.39, 0.29) is 41.1 Å². The van der Waals surface area contributed by atoms with Crippen LogP contribution in [0.2, 0.25) is 0 Å². The maximum atomic E-state index is 13.8. The van der Waals surface area contributed by atoms with Gasteiger partial charge in [-0.05, 0) is 75.7 Å². The van der Waals surface area contributed by atoms with Gasteiger partial charge in [0.2, 0.25) is 5.91 Å². The molecule has 2 aromatic carbocycles. The van der Waals surface area contributed by atoms with Crippen LogP contribution in [0.3, 0.4) is 0 Å². The fourth-order valence-corrected chi connectivity index (χ4v) is 6.21. The molecular formula is C31H32FN5O7S2. The number of methoxy groups -OCH3 is 1. The van der Waals surface area contributed by atoms with E-state index in [0.717, 1.165) is 23.1 Å². The number of nitrogens with zero attached hydrogens (tertiary/aromatic N) is 3. The van der Waals surface area contributed by atoms with E-state index in [2.05, 4.69) is 20.8 Å². The van der Waals surface area contributed by atoms with Crippen molar-refractivity contribution in [3.05, 3.63) is 81.7 Å². The maximum absolute atomic E-state index is 13.8. The van der Waals surface area contributed by atoms with Gasteiger partial charge < -0.3 is 24.8 Å². The van der Waals surface area contributed by atoms with Crippen LogP contribution >= 0.6 is 23.1 Å². The quantitative estimate of drug-likeness (QED) is 0.144. The minimum Gasteiger partial charge on any atom is -0.497 e. The third kappa shape index (κ3) is 7.90. The summed E-state index contributed by atoms with van der Waals surface area (Å²) in [5.74, 6) is -1.75. The van der Waals surface area contributed by atoms with Crippen molar-refractivity contribution in [2.75, 3.05) is 25.6 Å². The molecule has 2 N–H and O–H groups in total. The van der Waals surface area contributed by atoms with Crippen LogP contribution in [0.4, 0.5) is 9.39 Å². The Morgan fingerprint density at radius 3 is 2.39 bits per heavy atom. The number of nitrogens with one attached hydrogen (secondary N) is 2. The number of esters is 2. The second kappa shape index (κ2) is 15.5. The largest absolute Gasteiger partial charge is 0.497 e. The number of rotatable bonds is 13. The predicted octanol–water partition coefficient (Wildman–Crippen LogP) is 5.19. The zero-order valence-corrected chi connectivity index (χ0v) is 27.3. The summed E-state index contributed by atoms with van der Waals surface area (Å²) in [6, 6.07) is 12.3. The number of benzene rings is 2. The number of hydrogen-bond acceptors (Lipinski definition) is 11. The molecule has 0 unspecified atom stereocenters. The van der Waals surface area contributed by atoms with Crippen molar-refractivity contribution in [2.24, 2.45) is 0 Å². The number of anilines is 1. The van der Waals surface area contributed by atoms with Crippen LogP contribution in [0, 0.1) is 12.7 Å². The normalized spacial score (nSPS) is 11.4. The van der Waals surface area contributed by atoms with Gasteiger partial charge in [-0.15, -0.1) is 21.5 Å². The molecule has 0 bridgehead atoms. The third-order valence-corrected chi connectivity index (χ3v) is 8.73. The molecule has 2 amide bonds. The number of ether oxygens (including phenoxy) is 3. The molecule has 4 aromatic rings. The van der Waals surface area contributed by atoms with E-state index >= 15 is 0 Å². The number of thiophene rings is 1. The van der Waals surface area contributed by atoms with Gasteiger partial charge in [-0.1, -0.05) is 17.8 Å². The Morgan fingerprint density at radius 1 is 1.02 bits per heavy atom. The predicted molar refractivity (Wildman–Crippen MR) is 170 cm³/mol. The van der Waals surface area contributed by atoms with Crippen molar-refractivity contribution in [1.82, 2.24) is 20.1 Å². The Morgan fingerprint density at radius 2 is 1.72 bits per heavy atom. The lowest BCUT2D eigenvalue weighted by Gasteiger charge is -2.14. The number of carbonyl (C=O) groups is 4. The lowest BCUT2D eigenvalue weighted by Crippen LogP contribution is -2.25. The van der Waals surface area contributed by atoms with Crippen LogP contribution in [0.15, 0.2) is 53.7 Å². The molecule has 0 aliphatic heterocycles. The first-order chi connectivity index (χ1) is 22.1. The number of carbonyl (C=O) groups excluding carboxylic acids is 4. The molecule has 0 saturated carbocycles. The summed E-state index contributed by atoms with van der Waals surface area (Å²) in [4.78, 5) is 51.7. The Kier molecular flexibility index (Phi) is 11.5. The lowest BCUT2D eigenvalue weighted by atomic mass is 10.1. The van der Waals surface area contributed by atoms with Crippen LogP contribution in [0.25, 0.3) is 5.69 Å². The molecule has 46 heavy (non-hydrogen) atoms. The summed E-state index contributed by atoms with van der Waals surface area (Å²) in [5, 5.41) is 13.7. The molecule has 0 fully saturated rings. The maximum Gasteiger partial charge on any atom is 0.348 e. The molecular weight excluding hydrogens is 638 g/mol. The highest BCUT2D eigenvalue weighted by Crippen LogP contribution is 2.35. The van der Waals surface area contributed by atoms with Gasteiger partial charge in [0.15, 0.2) is 11.0 Å². The van der Waals surface area contributed by atoms with Gasteiger partial charge in [0.25, 0.3) is 5.91 Å². The highest BCUT2D eigenvalue weighted by atomic mass is 32.2. The van der Waals surface area contributed by atoms with Crippen molar-refractivity contribution < 1.29 is 37.8 Å². The fraction of sp³-hybridized carbons (Fsp3) is 0.290. The van der Waals surface area contributed by atoms with Gasteiger partial charge in [-0.25, -0.2) is 14.0 Å². The highest BCUT2D eigenvalue weighted by Gasteiger charge is 2.29. The topological polar surface area (TPSA) is 151 Å². The van der Waals surface area contributed by atoms with Crippen LogP contribution in [0.5, 0.6) is 5.75 Å².